The SMILES string of the molecule is CCCCCC(C)N(CC(=O)O)C1CC1. The zero-order valence-corrected chi connectivity index (χ0v) is 9.91. The molecule has 0 radical (unpaired) electrons. The van der Waals surface area contributed by atoms with Gasteiger partial charge in [-0.2, -0.15) is 0 Å². The summed E-state index contributed by atoms with van der Waals surface area (Å²) in [6.45, 7) is 4.58. The molecule has 1 saturated carbocycles. The van der Waals surface area contributed by atoms with Crippen LogP contribution in [0.4, 0.5) is 0 Å². The smallest absolute Gasteiger partial charge is 0.317 e. The van der Waals surface area contributed by atoms with Crippen LogP contribution < -0.4 is 0 Å². The predicted molar refractivity (Wildman–Crippen MR) is 61.0 cm³/mol. The van der Waals surface area contributed by atoms with E-state index < -0.39 is 5.97 Å². The Morgan fingerprint density at radius 2 is 2.13 bits per heavy atom. The average Bonchev–Trinajstić information content (AvgIpc) is 2.97. The van der Waals surface area contributed by atoms with Crippen LogP contribution in [-0.4, -0.2) is 34.6 Å². The van der Waals surface area contributed by atoms with Gasteiger partial charge in [0.05, 0.1) is 6.54 Å². The zero-order chi connectivity index (χ0) is 11.3. The van der Waals surface area contributed by atoms with Crippen molar-refractivity contribution in [2.75, 3.05) is 6.54 Å². The van der Waals surface area contributed by atoms with Crippen LogP contribution >= 0.6 is 0 Å². The number of hydrogen-bond acceptors (Lipinski definition) is 2. The van der Waals surface area contributed by atoms with Crippen molar-refractivity contribution in [2.45, 2.75) is 64.5 Å². The molecular formula is C12H23NO2. The summed E-state index contributed by atoms with van der Waals surface area (Å²) < 4.78 is 0. The van der Waals surface area contributed by atoms with E-state index in [1.54, 1.807) is 0 Å². The van der Waals surface area contributed by atoms with Crippen LogP contribution in [0, 0.1) is 0 Å². The third-order valence-electron chi connectivity index (χ3n) is 3.13. The molecule has 1 aliphatic carbocycles. The number of unbranched alkanes of at least 4 members (excludes halogenated alkanes) is 2. The number of carboxylic acids is 1. The molecule has 1 aliphatic rings. The van der Waals surface area contributed by atoms with Gasteiger partial charge >= 0.3 is 5.97 Å². The Labute approximate surface area is 92.5 Å². The molecule has 1 unspecified atom stereocenters. The molecule has 0 bridgehead atoms. The molecule has 88 valence electrons. The number of aliphatic carboxylic acids is 1. The van der Waals surface area contributed by atoms with Crippen molar-refractivity contribution in [1.29, 1.82) is 0 Å². The lowest BCUT2D eigenvalue weighted by molar-refractivity contribution is -0.139. The average molecular weight is 213 g/mol. The minimum Gasteiger partial charge on any atom is -0.480 e. The molecule has 1 atom stereocenters. The fourth-order valence-corrected chi connectivity index (χ4v) is 2.06. The van der Waals surface area contributed by atoms with Gasteiger partial charge in [0.15, 0.2) is 0 Å². The van der Waals surface area contributed by atoms with E-state index in [1.807, 2.05) is 0 Å². The minimum atomic E-state index is -0.691. The molecule has 0 amide bonds. The summed E-state index contributed by atoms with van der Waals surface area (Å²) in [5.41, 5.74) is 0. The first-order chi connectivity index (χ1) is 7.15. The summed E-state index contributed by atoms with van der Waals surface area (Å²) >= 11 is 0. The maximum atomic E-state index is 10.7. The lowest BCUT2D eigenvalue weighted by Crippen LogP contribution is -2.39. The summed E-state index contributed by atoms with van der Waals surface area (Å²) in [5.74, 6) is -0.691. The van der Waals surface area contributed by atoms with E-state index in [2.05, 4.69) is 18.7 Å². The molecule has 15 heavy (non-hydrogen) atoms. The second-order valence-electron chi connectivity index (χ2n) is 4.64. The highest BCUT2D eigenvalue weighted by atomic mass is 16.4. The second kappa shape index (κ2) is 6.11. The van der Waals surface area contributed by atoms with Crippen molar-refractivity contribution < 1.29 is 9.90 Å². The number of hydrogen-bond donors (Lipinski definition) is 1. The molecule has 0 aromatic carbocycles. The van der Waals surface area contributed by atoms with Crippen molar-refractivity contribution in [1.82, 2.24) is 4.90 Å². The van der Waals surface area contributed by atoms with Gasteiger partial charge in [-0.1, -0.05) is 26.2 Å². The first-order valence-corrected chi connectivity index (χ1v) is 6.12. The van der Waals surface area contributed by atoms with Crippen LogP contribution in [0.5, 0.6) is 0 Å². The Kier molecular flexibility index (Phi) is 5.09. The Bertz CT molecular complexity index is 202. The van der Waals surface area contributed by atoms with E-state index in [4.69, 9.17) is 5.11 Å². The predicted octanol–water partition coefficient (Wildman–Crippen LogP) is 2.50. The van der Waals surface area contributed by atoms with Crippen molar-refractivity contribution >= 4 is 5.97 Å². The Hall–Kier alpha value is -0.570. The summed E-state index contributed by atoms with van der Waals surface area (Å²) in [4.78, 5) is 12.9. The first kappa shape index (κ1) is 12.5. The van der Waals surface area contributed by atoms with Crippen molar-refractivity contribution in [3.05, 3.63) is 0 Å². The van der Waals surface area contributed by atoms with Crippen LogP contribution in [0.25, 0.3) is 0 Å². The topological polar surface area (TPSA) is 40.5 Å². The standard InChI is InChI=1S/C12H23NO2/c1-3-4-5-6-10(2)13(9-12(14)15)11-7-8-11/h10-11H,3-9H2,1-2H3,(H,14,15). The monoisotopic (exact) mass is 213 g/mol. The van der Waals surface area contributed by atoms with Crippen LogP contribution in [0.15, 0.2) is 0 Å². The number of rotatable bonds is 8. The van der Waals surface area contributed by atoms with Gasteiger partial charge < -0.3 is 5.11 Å². The van der Waals surface area contributed by atoms with Crippen molar-refractivity contribution in [3.63, 3.8) is 0 Å². The fourth-order valence-electron chi connectivity index (χ4n) is 2.06. The van der Waals surface area contributed by atoms with E-state index in [1.165, 1.54) is 32.1 Å². The summed E-state index contributed by atoms with van der Waals surface area (Å²) in [6.07, 6.45) is 7.22. The van der Waals surface area contributed by atoms with Crippen molar-refractivity contribution in [2.24, 2.45) is 0 Å². The molecule has 0 aromatic rings. The van der Waals surface area contributed by atoms with Gasteiger partial charge in [-0.3, -0.25) is 9.69 Å². The second-order valence-corrected chi connectivity index (χ2v) is 4.64. The Morgan fingerprint density at radius 1 is 1.47 bits per heavy atom. The van der Waals surface area contributed by atoms with Gasteiger partial charge in [0.1, 0.15) is 0 Å². The van der Waals surface area contributed by atoms with Crippen LogP contribution in [-0.2, 0) is 4.79 Å². The number of carbonyl (C=O) groups is 1. The first-order valence-electron chi connectivity index (χ1n) is 6.12. The summed E-state index contributed by atoms with van der Waals surface area (Å²) in [7, 11) is 0. The molecule has 0 saturated heterocycles. The van der Waals surface area contributed by atoms with E-state index in [0.29, 0.717) is 12.1 Å². The zero-order valence-electron chi connectivity index (χ0n) is 9.91. The van der Waals surface area contributed by atoms with Gasteiger partial charge in [-0.05, 0) is 26.2 Å². The quantitative estimate of drug-likeness (QED) is 0.630. The van der Waals surface area contributed by atoms with Gasteiger partial charge in [0.2, 0.25) is 0 Å². The largest absolute Gasteiger partial charge is 0.480 e. The van der Waals surface area contributed by atoms with E-state index in [0.717, 1.165) is 6.42 Å². The Morgan fingerprint density at radius 3 is 2.60 bits per heavy atom. The normalized spacial score (nSPS) is 18.1. The Balaban J connectivity index is 2.30. The highest BCUT2D eigenvalue weighted by Gasteiger charge is 2.32. The minimum absolute atomic E-state index is 0.220. The van der Waals surface area contributed by atoms with E-state index in [9.17, 15) is 4.79 Å². The van der Waals surface area contributed by atoms with Gasteiger partial charge in [0.25, 0.3) is 0 Å². The molecule has 0 aliphatic heterocycles. The molecule has 3 heteroatoms. The van der Waals surface area contributed by atoms with Crippen LogP contribution in [0.2, 0.25) is 0 Å². The molecular weight excluding hydrogens is 190 g/mol. The third-order valence-corrected chi connectivity index (χ3v) is 3.13. The van der Waals surface area contributed by atoms with E-state index in [-0.39, 0.29) is 6.54 Å². The molecule has 0 aromatic heterocycles. The highest BCUT2D eigenvalue weighted by molar-refractivity contribution is 5.69. The van der Waals surface area contributed by atoms with Crippen LogP contribution in [0.1, 0.15) is 52.4 Å². The third kappa shape index (κ3) is 4.65. The number of carboxylic acid groups (broad SMARTS) is 1. The fraction of sp³-hybridized carbons (Fsp3) is 0.917. The lowest BCUT2D eigenvalue weighted by atomic mass is 10.1. The highest BCUT2D eigenvalue weighted by Crippen LogP contribution is 2.29. The lowest BCUT2D eigenvalue weighted by Gasteiger charge is -2.27. The summed E-state index contributed by atoms with van der Waals surface area (Å²) in [5, 5.41) is 8.84. The maximum absolute atomic E-state index is 10.7. The van der Waals surface area contributed by atoms with Gasteiger partial charge in [-0.15, -0.1) is 0 Å². The molecule has 1 rings (SSSR count). The van der Waals surface area contributed by atoms with Crippen LogP contribution in [0.3, 0.4) is 0 Å². The molecule has 1 N–H and O–H groups in total. The molecule has 3 nitrogen and oxygen atoms in total. The van der Waals surface area contributed by atoms with Gasteiger partial charge in [0, 0.05) is 12.1 Å². The molecule has 0 spiro atoms. The molecule has 0 heterocycles. The van der Waals surface area contributed by atoms with Crippen molar-refractivity contribution in [3.8, 4) is 0 Å². The van der Waals surface area contributed by atoms with Gasteiger partial charge in [-0.25, -0.2) is 0 Å². The maximum Gasteiger partial charge on any atom is 0.317 e. The summed E-state index contributed by atoms with van der Waals surface area (Å²) in [6, 6.07) is 0.984. The van der Waals surface area contributed by atoms with E-state index >= 15 is 0 Å². The molecule has 1 fully saturated rings. The number of nitrogens with zero attached hydrogens (tertiary/aromatic N) is 1.